The van der Waals surface area contributed by atoms with Gasteiger partial charge in [0.2, 0.25) is 0 Å². The van der Waals surface area contributed by atoms with Crippen molar-refractivity contribution in [2.24, 2.45) is 5.92 Å². The van der Waals surface area contributed by atoms with E-state index in [4.69, 9.17) is 9.47 Å². The van der Waals surface area contributed by atoms with Crippen molar-refractivity contribution in [1.29, 1.82) is 0 Å². The summed E-state index contributed by atoms with van der Waals surface area (Å²) in [6, 6.07) is 16.8. The maximum absolute atomic E-state index is 12.5. The van der Waals surface area contributed by atoms with Crippen LogP contribution in [0.3, 0.4) is 0 Å². The standard InChI is InChI=1S/C25H30N2O4/c28-24(19-31-22-8-2-1-3-9-22)27-16-6-7-20(17-27)18-30-23-12-10-21(11-13-23)25(29)26-14-4-5-15-26/h1-3,8-13,20H,4-7,14-19H2. The molecule has 2 heterocycles. The van der Waals surface area contributed by atoms with Gasteiger partial charge in [0.15, 0.2) is 6.61 Å². The second-order valence-corrected chi connectivity index (χ2v) is 8.28. The molecule has 2 amide bonds. The molecule has 0 bridgehead atoms. The van der Waals surface area contributed by atoms with Crippen LogP contribution in [-0.4, -0.2) is 61.0 Å². The topological polar surface area (TPSA) is 59.1 Å². The third-order valence-electron chi connectivity index (χ3n) is 5.96. The Morgan fingerprint density at radius 3 is 2.23 bits per heavy atom. The lowest BCUT2D eigenvalue weighted by Crippen LogP contribution is -2.43. The van der Waals surface area contributed by atoms with Crippen LogP contribution in [0.1, 0.15) is 36.0 Å². The number of carbonyl (C=O) groups is 2. The van der Waals surface area contributed by atoms with Gasteiger partial charge in [-0.3, -0.25) is 9.59 Å². The molecule has 2 aliphatic rings. The second kappa shape index (κ2) is 10.3. The van der Waals surface area contributed by atoms with Gasteiger partial charge in [-0.1, -0.05) is 18.2 Å². The molecular formula is C25H30N2O4. The summed E-state index contributed by atoms with van der Waals surface area (Å²) in [5, 5.41) is 0. The van der Waals surface area contributed by atoms with E-state index in [1.807, 2.05) is 64.4 Å². The van der Waals surface area contributed by atoms with Crippen molar-refractivity contribution in [2.75, 3.05) is 39.4 Å². The molecule has 0 aromatic heterocycles. The van der Waals surface area contributed by atoms with Crippen molar-refractivity contribution in [1.82, 2.24) is 9.80 Å². The highest BCUT2D eigenvalue weighted by Crippen LogP contribution is 2.21. The summed E-state index contributed by atoms with van der Waals surface area (Å²) < 4.78 is 11.6. The van der Waals surface area contributed by atoms with Crippen LogP contribution >= 0.6 is 0 Å². The average Bonchev–Trinajstić information content (AvgIpc) is 3.37. The smallest absolute Gasteiger partial charge is 0.260 e. The molecule has 1 unspecified atom stereocenters. The molecule has 0 saturated carbocycles. The molecule has 6 heteroatoms. The van der Waals surface area contributed by atoms with Gasteiger partial charge in [0.25, 0.3) is 11.8 Å². The van der Waals surface area contributed by atoms with E-state index in [9.17, 15) is 9.59 Å². The van der Waals surface area contributed by atoms with E-state index in [0.29, 0.717) is 30.4 Å². The zero-order valence-electron chi connectivity index (χ0n) is 17.9. The molecule has 0 aliphatic carbocycles. The summed E-state index contributed by atoms with van der Waals surface area (Å²) in [6.45, 7) is 3.77. The summed E-state index contributed by atoms with van der Waals surface area (Å²) in [4.78, 5) is 28.8. The molecule has 164 valence electrons. The number of ether oxygens (including phenoxy) is 2. The summed E-state index contributed by atoms with van der Waals surface area (Å²) >= 11 is 0. The summed E-state index contributed by atoms with van der Waals surface area (Å²) in [5.41, 5.74) is 0.710. The molecule has 2 fully saturated rings. The highest BCUT2D eigenvalue weighted by molar-refractivity contribution is 5.94. The molecule has 0 radical (unpaired) electrons. The number of nitrogens with zero attached hydrogens (tertiary/aromatic N) is 2. The zero-order valence-corrected chi connectivity index (χ0v) is 17.9. The predicted octanol–water partition coefficient (Wildman–Crippen LogP) is 3.62. The number of likely N-dealkylation sites (tertiary alicyclic amines) is 2. The minimum atomic E-state index is 0.0123. The van der Waals surface area contributed by atoms with Crippen LogP contribution in [0.15, 0.2) is 54.6 Å². The first-order valence-electron chi connectivity index (χ1n) is 11.2. The highest BCUT2D eigenvalue weighted by atomic mass is 16.5. The molecule has 2 aromatic carbocycles. The first kappa shape index (κ1) is 21.2. The number of benzene rings is 2. The average molecular weight is 423 g/mol. The summed E-state index contributed by atoms with van der Waals surface area (Å²) in [5.74, 6) is 1.87. The Kier molecular flexibility index (Phi) is 7.07. The van der Waals surface area contributed by atoms with Gasteiger partial charge in [-0.15, -0.1) is 0 Å². The molecular weight excluding hydrogens is 392 g/mol. The van der Waals surface area contributed by atoms with Gasteiger partial charge in [0, 0.05) is 37.7 Å². The van der Waals surface area contributed by atoms with Crippen molar-refractivity contribution in [3.8, 4) is 11.5 Å². The largest absolute Gasteiger partial charge is 0.493 e. The molecule has 0 N–H and O–H groups in total. The lowest BCUT2D eigenvalue weighted by molar-refractivity contribution is -0.135. The van der Waals surface area contributed by atoms with Crippen molar-refractivity contribution in [3.63, 3.8) is 0 Å². The number of hydrogen-bond acceptors (Lipinski definition) is 4. The third-order valence-corrected chi connectivity index (χ3v) is 5.96. The van der Waals surface area contributed by atoms with Crippen molar-refractivity contribution < 1.29 is 19.1 Å². The minimum absolute atomic E-state index is 0.0123. The quantitative estimate of drug-likeness (QED) is 0.684. The molecule has 4 rings (SSSR count). The SMILES string of the molecule is O=C(COc1ccccc1)N1CCCC(COc2ccc(C(=O)N3CCCC3)cc2)C1. The molecule has 2 saturated heterocycles. The van der Waals surface area contributed by atoms with Crippen molar-refractivity contribution in [2.45, 2.75) is 25.7 Å². The van der Waals surface area contributed by atoms with Gasteiger partial charge < -0.3 is 19.3 Å². The van der Waals surface area contributed by atoms with Crippen LogP contribution in [0.4, 0.5) is 0 Å². The van der Waals surface area contributed by atoms with Gasteiger partial charge >= 0.3 is 0 Å². The normalized spacial score (nSPS) is 18.6. The molecule has 6 nitrogen and oxygen atoms in total. The van der Waals surface area contributed by atoms with E-state index in [0.717, 1.165) is 51.1 Å². The van der Waals surface area contributed by atoms with E-state index in [-0.39, 0.29) is 18.4 Å². The minimum Gasteiger partial charge on any atom is -0.493 e. The van der Waals surface area contributed by atoms with Crippen LogP contribution < -0.4 is 9.47 Å². The van der Waals surface area contributed by atoms with Gasteiger partial charge in [0.1, 0.15) is 11.5 Å². The van der Waals surface area contributed by atoms with Crippen LogP contribution in [0.2, 0.25) is 0 Å². The maximum Gasteiger partial charge on any atom is 0.260 e. The molecule has 2 aromatic rings. The van der Waals surface area contributed by atoms with Crippen molar-refractivity contribution in [3.05, 3.63) is 60.2 Å². The van der Waals surface area contributed by atoms with E-state index < -0.39 is 0 Å². The first-order chi connectivity index (χ1) is 15.2. The fourth-order valence-corrected chi connectivity index (χ4v) is 4.19. The molecule has 2 aliphatic heterocycles. The Bertz CT molecular complexity index is 863. The van der Waals surface area contributed by atoms with Crippen LogP contribution in [0, 0.1) is 5.92 Å². The summed E-state index contributed by atoms with van der Waals surface area (Å²) in [6.07, 6.45) is 4.18. The van der Waals surface area contributed by atoms with Crippen LogP contribution in [0.5, 0.6) is 11.5 Å². The fraction of sp³-hybridized carbons (Fsp3) is 0.440. The van der Waals surface area contributed by atoms with Gasteiger partial charge in [0.05, 0.1) is 6.61 Å². The highest BCUT2D eigenvalue weighted by Gasteiger charge is 2.24. The number of para-hydroxylation sites is 1. The van der Waals surface area contributed by atoms with E-state index in [1.165, 1.54) is 0 Å². The van der Waals surface area contributed by atoms with E-state index >= 15 is 0 Å². The number of hydrogen-bond donors (Lipinski definition) is 0. The maximum atomic E-state index is 12.5. The van der Waals surface area contributed by atoms with Crippen LogP contribution in [0.25, 0.3) is 0 Å². The molecule has 1 atom stereocenters. The van der Waals surface area contributed by atoms with Gasteiger partial charge in [-0.25, -0.2) is 0 Å². The Labute approximate surface area is 183 Å². The lowest BCUT2D eigenvalue weighted by Gasteiger charge is -2.32. The van der Waals surface area contributed by atoms with Gasteiger partial charge in [-0.2, -0.15) is 0 Å². The molecule has 31 heavy (non-hydrogen) atoms. The fourth-order valence-electron chi connectivity index (χ4n) is 4.19. The Balaban J connectivity index is 1.23. The number of piperidine rings is 1. The third kappa shape index (κ3) is 5.78. The number of carbonyl (C=O) groups excluding carboxylic acids is 2. The second-order valence-electron chi connectivity index (χ2n) is 8.28. The first-order valence-corrected chi connectivity index (χ1v) is 11.2. The Hall–Kier alpha value is -3.02. The zero-order chi connectivity index (χ0) is 21.5. The van der Waals surface area contributed by atoms with Crippen molar-refractivity contribution >= 4 is 11.8 Å². The lowest BCUT2D eigenvalue weighted by atomic mass is 9.99. The van der Waals surface area contributed by atoms with Gasteiger partial charge in [-0.05, 0) is 62.1 Å². The Morgan fingerprint density at radius 2 is 1.48 bits per heavy atom. The van der Waals surface area contributed by atoms with E-state index in [2.05, 4.69) is 0 Å². The number of amides is 2. The number of rotatable bonds is 7. The molecule has 0 spiro atoms. The Morgan fingerprint density at radius 1 is 0.806 bits per heavy atom. The predicted molar refractivity (Wildman–Crippen MR) is 118 cm³/mol. The van der Waals surface area contributed by atoms with Crippen LogP contribution in [-0.2, 0) is 4.79 Å². The monoisotopic (exact) mass is 422 g/mol. The summed E-state index contributed by atoms with van der Waals surface area (Å²) in [7, 11) is 0. The van der Waals surface area contributed by atoms with E-state index in [1.54, 1.807) is 0 Å².